The highest BCUT2D eigenvalue weighted by Crippen LogP contribution is 2.40. The number of ether oxygens (including phenoxy) is 2. The van der Waals surface area contributed by atoms with Crippen LogP contribution in [0.15, 0.2) is 54.9 Å². The summed E-state index contributed by atoms with van der Waals surface area (Å²) < 4.78 is 62.3. The SMILES string of the molecule is O=C1N(c2ccc(-c3cn[nH]c3)cc2)CC2(CCOCC2)N1Cc1cccc(OC(F)(F)F)c1F. The largest absolute Gasteiger partial charge is 0.573 e. The van der Waals surface area contributed by atoms with E-state index in [1.165, 1.54) is 12.1 Å². The Bertz CT molecular complexity index is 1190. The van der Waals surface area contributed by atoms with Crippen molar-refractivity contribution in [2.75, 3.05) is 24.7 Å². The highest BCUT2D eigenvalue weighted by Gasteiger charge is 2.50. The van der Waals surface area contributed by atoms with Crippen LogP contribution in [0.2, 0.25) is 0 Å². The topological polar surface area (TPSA) is 70.7 Å². The maximum absolute atomic E-state index is 14.9. The monoisotopic (exact) mass is 490 g/mol. The second-order valence-corrected chi connectivity index (χ2v) is 8.60. The molecule has 2 fully saturated rings. The molecule has 0 atom stereocenters. The summed E-state index contributed by atoms with van der Waals surface area (Å²) in [5, 5.41) is 6.70. The van der Waals surface area contributed by atoms with Crippen molar-refractivity contribution in [2.24, 2.45) is 0 Å². The van der Waals surface area contributed by atoms with Gasteiger partial charge in [-0.15, -0.1) is 13.2 Å². The van der Waals surface area contributed by atoms with Gasteiger partial charge in [-0.05, 0) is 36.6 Å². The zero-order chi connectivity index (χ0) is 24.6. The molecule has 0 unspecified atom stereocenters. The number of halogens is 4. The molecule has 2 amide bonds. The van der Waals surface area contributed by atoms with Crippen LogP contribution in [0.3, 0.4) is 0 Å². The lowest BCUT2D eigenvalue weighted by atomic mass is 9.88. The van der Waals surface area contributed by atoms with Crippen molar-refractivity contribution in [1.29, 1.82) is 0 Å². The van der Waals surface area contributed by atoms with Crippen molar-refractivity contribution in [1.82, 2.24) is 15.1 Å². The van der Waals surface area contributed by atoms with Gasteiger partial charge in [-0.3, -0.25) is 10.00 Å². The van der Waals surface area contributed by atoms with Gasteiger partial charge in [0.15, 0.2) is 11.6 Å². The fourth-order valence-electron chi connectivity index (χ4n) is 4.71. The molecular weight excluding hydrogens is 468 g/mol. The van der Waals surface area contributed by atoms with Gasteiger partial charge < -0.3 is 14.4 Å². The van der Waals surface area contributed by atoms with Crippen LogP contribution < -0.4 is 9.64 Å². The molecule has 2 aliphatic heterocycles. The van der Waals surface area contributed by atoms with Crippen LogP contribution in [0.1, 0.15) is 18.4 Å². The number of aromatic nitrogens is 2. The lowest BCUT2D eigenvalue weighted by molar-refractivity contribution is -0.275. The number of hydrogen-bond acceptors (Lipinski definition) is 4. The highest BCUT2D eigenvalue weighted by atomic mass is 19.4. The molecule has 5 rings (SSSR count). The van der Waals surface area contributed by atoms with Crippen LogP contribution >= 0.6 is 0 Å². The minimum absolute atomic E-state index is 0.0527. The van der Waals surface area contributed by atoms with Crippen molar-refractivity contribution in [3.8, 4) is 16.9 Å². The van der Waals surface area contributed by atoms with Crippen molar-refractivity contribution in [3.63, 3.8) is 0 Å². The van der Waals surface area contributed by atoms with Gasteiger partial charge in [0.25, 0.3) is 0 Å². The molecular formula is C24H22F4N4O3. The van der Waals surface area contributed by atoms with Crippen molar-refractivity contribution < 1.29 is 31.8 Å². The summed E-state index contributed by atoms with van der Waals surface area (Å²) >= 11 is 0. The molecule has 2 aromatic carbocycles. The molecule has 0 bridgehead atoms. The first-order chi connectivity index (χ1) is 16.8. The third-order valence-corrected chi connectivity index (χ3v) is 6.52. The van der Waals surface area contributed by atoms with Crippen LogP contribution in [0.25, 0.3) is 11.1 Å². The minimum Gasteiger partial charge on any atom is -0.403 e. The molecule has 3 aromatic rings. The van der Waals surface area contributed by atoms with E-state index in [4.69, 9.17) is 4.74 Å². The summed E-state index contributed by atoms with van der Waals surface area (Å²) in [7, 11) is 0. The summed E-state index contributed by atoms with van der Waals surface area (Å²) in [6, 6.07) is 10.6. The molecule has 2 aliphatic rings. The van der Waals surface area contributed by atoms with E-state index in [0.717, 1.165) is 17.2 Å². The number of aromatic amines is 1. The Morgan fingerprint density at radius 2 is 1.83 bits per heavy atom. The normalized spacial score (nSPS) is 17.9. The first kappa shape index (κ1) is 23.2. The molecule has 0 radical (unpaired) electrons. The van der Waals surface area contributed by atoms with Gasteiger partial charge in [0.1, 0.15) is 0 Å². The van der Waals surface area contributed by atoms with Crippen LogP contribution in [0, 0.1) is 5.82 Å². The number of benzene rings is 2. The Hall–Kier alpha value is -3.60. The van der Waals surface area contributed by atoms with Gasteiger partial charge in [0.05, 0.1) is 24.8 Å². The molecule has 1 N–H and O–H groups in total. The number of H-pyrrole nitrogens is 1. The molecule has 11 heteroatoms. The van der Waals surface area contributed by atoms with Gasteiger partial charge in [0.2, 0.25) is 0 Å². The third kappa shape index (κ3) is 4.55. The van der Waals surface area contributed by atoms with E-state index in [1.807, 2.05) is 24.3 Å². The first-order valence-corrected chi connectivity index (χ1v) is 11.0. The minimum atomic E-state index is -5.02. The average Bonchev–Trinajstić information content (AvgIpc) is 3.45. The average molecular weight is 490 g/mol. The molecule has 0 saturated carbocycles. The van der Waals surface area contributed by atoms with E-state index in [2.05, 4.69) is 14.9 Å². The second-order valence-electron chi connectivity index (χ2n) is 8.60. The van der Waals surface area contributed by atoms with E-state index in [-0.39, 0.29) is 18.1 Å². The van der Waals surface area contributed by atoms with Crippen molar-refractivity contribution in [3.05, 3.63) is 66.2 Å². The number of nitrogens with one attached hydrogen (secondary N) is 1. The third-order valence-electron chi connectivity index (χ3n) is 6.52. The van der Waals surface area contributed by atoms with Crippen LogP contribution in [0.5, 0.6) is 5.75 Å². The van der Waals surface area contributed by atoms with Crippen molar-refractivity contribution in [2.45, 2.75) is 31.3 Å². The number of carbonyl (C=O) groups excluding carboxylic acids is 1. The molecule has 184 valence electrons. The summed E-state index contributed by atoms with van der Waals surface area (Å²) in [6.45, 7) is 1.03. The summed E-state index contributed by atoms with van der Waals surface area (Å²) in [6.07, 6.45) is -0.504. The molecule has 2 saturated heterocycles. The Balaban J connectivity index is 1.44. The lowest BCUT2D eigenvalue weighted by Crippen LogP contribution is -2.50. The fraction of sp³-hybridized carbons (Fsp3) is 0.333. The quantitative estimate of drug-likeness (QED) is 0.505. The fourth-order valence-corrected chi connectivity index (χ4v) is 4.71. The van der Waals surface area contributed by atoms with Gasteiger partial charge >= 0.3 is 12.4 Å². The number of carbonyl (C=O) groups is 1. The lowest BCUT2D eigenvalue weighted by Gasteiger charge is -2.40. The first-order valence-electron chi connectivity index (χ1n) is 11.0. The molecule has 3 heterocycles. The second kappa shape index (κ2) is 8.88. The highest BCUT2D eigenvalue weighted by molar-refractivity contribution is 5.95. The molecule has 1 aromatic heterocycles. The maximum Gasteiger partial charge on any atom is 0.573 e. The number of rotatable bonds is 5. The molecule has 1 spiro atoms. The zero-order valence-corrected chi connectivity index (χ0v) is 18.5. The number of alkyl halides is 3. The predicted octanol–water partition coefficient (Wildman–Crippen LogP) is 5.11. The Kier molecular flexibility index (Phi) is 5.87. The van der Waals surface area contributed by atoms with Gasteiger partial charge in [-0.2, -0.15) is 5.10 Å². The standard InChI is InChI=1S/C24H22F4N4O3/c25-21-17(2-1-3-20(21)35-24(26,27)28)14-32-22(33)31(15-23(32)8-10-34-11-9-23)19-6-4-16(5-7-19)18-12-29-30-13-18/h1-7,12-13H,8-11,14-15H2,(H,29,30). The summed E-state index contributed by atoms with van der Waals surface area (Å²) in [5.74, 6) is -2.06. The van der Waals surface area contributed by atoms with E-state index < -0.39 is 23.5 Å². The summed E-state index contributed by atoms with van der Waals surface area (Å²) in [4.78, 5) is 16.8. The van der Waals surface area contributed by atoms with Crippen molar-refractivity contribution >= 4 is 11.7 Å². The van der Waals surface area contributed by atoms with Gasteiger partial charge in [-0.25, -0.2) is 9.18 Å². The van der Waals surface area contributed by atoms with Crippen LogP contribution in [-0.4, -0.2) is 52.8 Å². The van der Waals surface area contributed by atoms with E-state index in [1.54, 1.807) is 22.2 Å². The Labute approximate surface area is 198 Å². The zero-order valence-electron chi connectivity index (χ0n) is 18.5. The van der Waals surface area contributed by atoms with E-state index in [0.29, 0.717) is 38.3 Å². The molecule has 0 aliphatic carbocycles. The Morgan fingerprint density at radius 1 is 1.09 bits per heavy atom. The van der Waals surface area contributed by atoms with Gasteiger partial charge in [0, 0.05) is 36.2 Å². The molecule has 35 heavy (non-hydrogen) atoms. The smallest absolute Gasteiger partial charge is 0.403 e. The number of anilines is 1. The molecule has 7 nitrogen and oxygen atoms in total. The van der Waals surface area contributed by atoms with Crippen LogP contribution in [-0.2, 0) is 11.3 Å². The summed E-state index contributed by atoms with van der Waals surface area (Å²) in [5.41, 5.74) is 1.82. The Morgan fingerprint density at radius 3 is 2.49 bits per heavy atom. The van der Waals surface area contributed by atoms with Crippen LogP contribution in [0.4, 0.5) is 28.0 Å². The van der Waals surface area contributed by atoms with E-state index in [9.17, 15) is 22.4 Å². The number of amides is 2. The number of hydrogen-bond donors (Lipinski definition) is 1. The number of urea groups is 1. The maximum atomic E-state index is 14.9. The van der Waals surface area contributed by atoms with E-state index >= 15 is 0 Å². The predicted molar refractivity (Wildman–Crippen MR) is 118 cm³/mol. The number of nitrogens with zero attached hydrogens (tertiary/aromatic N) is 3. The van der Waals surface area contributed by atoms with Gasteiger partial charge in [-0.1, -0.05) is 24.3 Å².